The average Bonchev–Trinajstić information content (AvgIpc) is 3.26. The van der Waals surface area contributed by atoms with Crippen molar-refractivity contribution in [1.82, 2.24) is 9.97 Å². The zero-order chi connectivity index (χ0) is 17.7. The molecule has 3 heterocycles. The van der Waals surface area contributed by atoms with Crippen molar-refractivity contribution in [3.63, 3.8) is 0 Å². The van der Waals surface area contributed by atoms with E-state index in [0.29, 0.717) is 10.0 Å². The third-order valence-electron chi connectivity index (χ3n) is 4.51. The summed E-state index contributed by atoms with van der Waals surface area (Å²) in [5.41, 5.74) is 1.91. The lowest BCUT2D eigenvalue weighted by molar-refractivity contribution is 0.651. The zero-order valence-corrected chi connectivity index (χ0v) is 16.8. The number of nitrogens with zero attached hydrogens (tertiary/aromatic N) is 4. The van der Waals surface area contributed by atoms with E-state index in [2.05, 4.69) is 28.0 Å². The largest absolute Gasteiger partial charge is 0.345 e. The predicted octanol–water partition coefficient (Wildman–Crippen LogP) is 5.54. The zero-order valence-electron chi connectivity index (χ0n) is 13.7. The first-order valence-corrected chi connectivity index (χ1v) is 10.7. The summed E-state index contributed by atoms with van der Waals surface area (Å²) in [7, 11) is 0. The SMILES string of the molecule is Clc1cc(Cl)c2nc(N3CCN(c4nc5ccccc5s4)CC3)sc2c1. The third-order valence-corrected chi connectivity index (χ3v) is 7.17. The Morgan fingerprint density at radius 2 is 1.46 bits per heavy atom. The second kappa shape index (κ2) is 6.53. The summed E-state index contributed by atoms with van der Waals surface area (Å²) in [6, 6.07) is 12.0. The molecule has 1 fully saturated rings. The number of thiazole rings is 2. The highest BCUT2D eigenvalue weighted by atomic mass is 35.5. The van der Waals surface area contributed by atoms with E-state index in [4.69, 9.17) is 33.2 Å². The molecule has 1 aliphatic rings. The molecule has 0 saturated carbocycles. The molecule has 0 unspecified atom stereocenters. The van der Waals surface area contributed by atoms with Crippen LogP contribution in [0.5, 0.6) is 0 Å². The standard InChI is InChI=1S/C18H14Cl2N4S2/c19-11-9-12(20)16-15(10-11)26-18(22-16)24-7-5-23(6-8-24)17-21-13-3-1-2-4-14(13)25-17/h1-4,9-10H,5-8H2. The van der Waals surface area contributed by atoms with Gasteiger partial charge in [-0.25, -0.2) is 9.97 Å². The Morgan fingerprint density at radius 1 is 0.808 bits per heavy atom. The van der Waals surface area contributed by atoms with Gasteiger partial charge in [-0.3, -0.25) is 0 Å². The summed E-state index contributed by atoms with van der Waals surface area (Å²) in [6.45, 7) is 3.71. The van der Waals surface area contributed by atoms with Gasteiger partial charge in [-0.05, 0) is 24.3 Å². The van der Waals surface area contributed by atoms with E-state index >= 15 is 0 Å². The van der Waals surface area contributed by atoms with Crippen LogP contribution in [0.1, 0.15) is 0 Å². The van der Waals surface area contributed by atoms with Crippen LogP contribution in [0.25, 0.3) is 20.4 Å². The predicted molar refractivity (Wildman–Crippen MR) is 114 cm³/mol. The number of hydrogen-bond donors (Lipinski definition) is 0. The van der Waals surface area contributed by atoms with Gasteiger partial charge in [0.2, 0.25) is 0 Å². The first-order chi connectivity index (χ1) is 12.7. The van der Waals surface area contributed by atoms with Crippen LogP contribution < -0.4 is 9.80 Å². The Bertz CT molecular complexity index is 1070. The van der Waals surface area contributed by atoms with Crippen molar-refractivity contribution in [3.8, 4) is 0 Å². The van der Waals surface area contributed by atoms with E-state index < -0.39 is 0 Å². The van der Waals surface area contributed by atoms with Crippen LogP contribution in [0, 0.1) is 0 Å². The molecule has 0 radical (unpaired) electrons. The molecule has 4 aromatic rings. The van der Waals surface area contributed by atoms with E-state index in [1.165, 1.54) is 4.70 Å². The minimum atomic E-state index is 0.614. The third kappa shape index (κ3) is 2.91. The number of benzene rings is 2. The Morgan fingerprint density at radius 3 is 2.19 bits per heavy atom. The van der Waals surface area contributed by atoms with E-state index in [0.717, 1.165) is 52.2 Å². The van der Waals surface area contributed by atoms with E-state index in [1.54, 1.807) is 28.7 Å². The second-order valence-corrected chi connectivity index (χ2v) is 9.03. The number of piperazine rings is 1. The normalized spacial score (nSPS) is 15.3. The lowest BCUT2D eigenvalue weighted by atomic mass is 10.3. The van der Waals surface area contributed by atoms with Crippen LogP contribution in [0.4, 0.5) is 10.3 Å². The van der Waals surface area contributed by atoms with Crippen molar-refractivity contribution in [2.45, 2.75) is 0 Å². The molecule has 0 amide bonds. The van der Waals surface area contributed by atoms with Crippen molar-refractivity contribution >= 4 is 76.6 Å². The van der Waals surface area contributed by atoms with Gasteiger partial charge in [0.05, 0.1) is 19.9 Å². The summed E-state index contributed by atoms with van der Waals surface area (Å²) in [5, 5.41) is 3.37. The highest BCUT2D eigenvalue weighted by molar-refractivity contribution is 7.22. The van der Waals surface area contributed by atoms with E-state index in [1.807, 2.05) is 12.1 Å². The van der Waals surface area contributed by atoms with Gasteiger partial charge in [0.25, 0.3) is 0 Å². The summed E-state index contributed by atoms with van der Waals surface area (Å²) < 4.78 is 2.27. The number of anilines is 2. The maximum Gasteiger partial charge on any atom is 0.186 e. The van der Waals surface area contributed by atoms with Crippen LogP contribution in [-0.2, 0) is 0 Å². The van der Waals surface area contributed by atoms with Gasteiger partial charge in [0, 0.05) is 31.2 Å². The Hall–Kier alpha value is -1.60. The molecule has 0 aliphatic carbocycles. The molecule has 0 bridgehead atoms. The highest BCUT2D eigenvalue weighted by Crippen LogP contribution is 2.36. The molecular formula is C18H14Cl2N4S2. The van der Waals surface area contributed by atoms with Gasteiger partial charge >= 0.3 is 0 Å². The molecule has 132 valence electrons. The Kier molecular flexibility index (Phi) is 4.16. The average molecular weight is 421 g/mol. The number of rotatable bonds is 2. The molecule has 2 aromatic heterocycles. The Labute approximate surface area is 168 Å². The monoisotopic (exact) mass is 420 g/mol. The van der Waals surface area contributed by atoms with Gasteiger partial charge in [-0.1, -0.05) is 58.0 Å². The van der Waals surface area contributed by atoms with Crippen molar-refractivity contribution in [3.05, 3.63) is 46.4 Å². The molecule has 0 spiro atoms. The molecule has 1 aliphatic heterocycles. The number of aromatic nitrogens is 2. The maximum absolute atomic E-state index is 6.28. The molecule has 0 atom stereocenters. The fourth-order valence-electron chi connectivity index (χ4n) is 3.17. The topological polar surface area (TPSA) is 32.3 Å². The Balaban J connectivity index is 1.36. The van der Waals surface area contributed by atoms with Gasteiger partial charge in [0.15, 0.2) is 10.3 Å². The fourth-order valence-corrected chi connectivity index (χ4v) is 5.92. The van der Waals surface area contributed by atoms with Crippen LogP contribution >= 0.6 is 45.9 Å². The smallest absolute Gasteiger partial charge is 0.186 e. The molecule has 4 nitrogen and oxygen atoms in total. The van der Waals surface area contributed by atoms with Gasteiger partial charge in [-0.15, -0.1) is 0 Å². The molecule has 1 saturated heterocycles. The second-order valence-electron chi connectivity index (χ2n) is 6.17. The summed E-state index contributed by atoms with van der Waals surface area (Å²) in [4.78, 5) is 14.2. The minimum Gasteiger partial charge on any atom is -0.345 e. The number of halogens is 2. The van der Waals surface area contributed by atoms with Gasteiger partial charge < -0.3 is 9.80 Å². The van der Waals surface area contributed by atoms with E-state index in [-0.39, 0.29) is 0 Å². The van der Waals surface area contributed by atoms with Crippen molar-refractivity contribution in [1.29, 1.82) is 0 Å². The van der Waals surface area contributed by atoms with Crippen LogP contribution in [0.2, 0.25) is 10.0 Å². The number of fused-ring (bicyclic) bond motifs is 2. The van der Waals surface area contributed by atoms with Crippen LogP contribution in [-0.4, -0.2) is 36.1 Å². The summed E-state index contributed by atoms with van der Waals surface area (Å²) in [5.74, 6) is 0. The lowest BCUT2D eigenvalue weighted by Gasteiger charge is -2.34. The molecule has 0 N–H and O–H groups in total. The van der Waals surface area contributed by atoms with Crippen LogP contribution in [0.3, 0.4) is 0 Å². The fraction of sp³-hybridized carbons (Fsp3) is 0.222. The van der Waals surface area contributed by atoms with Crippen molar-refractivity contribution in [2.75, 3.05) is 36.0 Å². The summed E-state index contributed by atoms with van der Waals surface area (Å²) in [6.07, 6.45) is 0. The van der Waals surface area contributed by atoms with Gasteiger partial charge in [-0.2, -0.15) is 0 Å². The summed E-state index contributed by atoms with van der Waals surface area (Å²) >= 11 is 15.8. The quantitative estimate of drug-likeness (QED) is 0.426. The van der Waals surface area contributed by atoms with Gasteiger partial charge in [0.1, 0.15) is 5.52 Å². The maximum atomic E-state index is 6.28. The highest BCUT2D eigenvalue weighted by Gasteiger charge is 2.22. The number of para-hydroxylation sites is 1. The molecule has 2 aromatic carbocycles. The van der Waals surface area contributed by atoms with Crippen LogP contribution in [0.15, 0.2) is 36.4 Å². The first-order valence-electron chi connectivity index (χ1n) is 8.28. The molecular weight excluding hydrogens is 407 g/mol. The molecule has 8 heteroatoms. The lowest BCUT2D eigenvalue weighted by Crippen LogP contribution is -2.46. The minimum absolute atomic E-state index is 0.614. The van der Waals surface area contributed by atoms with Crippen molar-refractivity contribution < 1.29 is 0 Å². The first kappa shape index (κ1) is 16.6. The molecule has 5 rings (SSSR count). The number of hydrogen-bond acceptors (Lipinski definition) is 6. The van der Waals surface area contributed by atoms with E-state index in [9.17, 15) is 0 Å². The molecule has 26 heavy (non-hydrogen) atoms. The van der Waals surface area contributed by atoms with Crippen molar-refractivity contribution in [2.24, 2.45) is 0 Å².